The maximum atomic E-state index is 12.2. The van der Waals surface area contributed by atoms with E-state index in [0.29, 0.717) is 25.3 Å². The molecule has 0 unspecified atom stereocenters. The summed E-state index contributed by atoms with van der Waals surface area (Å²) in [5, 5.41) is 8.43. The standard InChI is InChI=1S/C20H25N5O2/c1-24(2)14-16-8-6-15(7-9-16)13-22-19(26)23-17-4-3-5-18(12-17)25-11-10-21-20(25)27/h3-9,12H,10-11,13-14H2,1-2H3,(H,21,27)(H2,22,23,26). The summed E-state index contributed by atoms with van der Waals surface area (Å²) in [5.74, 6) is 0. The van der Waals surface area contributed by atoms with Crippen LogP contribution in [0.4, 0.5) is 21.0 Å². The van der Waals surface area contributed by atoms with Gasteiger partial charge < -0.3 is 20.9 Å². The van der Waals surface area contributed by atoms with Crippen LogP contribution in [0.25, 0.3) is 0 Å². The molecule has 27 heavy (non-hydrogen) atoms. The molecule has 2 aromatic rings. The Morgan fingerprint density at radius 3 is 2.56 bits per heavy atom. The zero-order chi connectivity index (χ0) is 19.2. The molecule has 0 atom stereocenters. The van der Waals surface area contributed by atoms with Crippen LogP contribution in [0.5, 0.6) is 0 Å². The number of nitrogens with one attached hydrogen (secondary N) is 3. The van der Waals surface area contributed by atoms with Crippen molar-refractivity contribution in [1.82, 2.24) is 15.5 Å². The molecule has 7 nitrogen and oxygen atoms in total. The number of anilines is 2. The maximum Gasteiger partial charge on any atom is 0.321 e. The third-order valence-corrected chi connectivity index (χ3v) is 4.25. The molecule has 3 rings (SSSR count). The van der Waals surface area contributed by atoms with E-state index in [1.165, 1.54) is 5.56 Å². The van der Waals surface area contributed by atoms with E-state index in [1.807, 2.05) is 38.4 Å². The SMILES string of the molecule is CN(C)Cc1ccc(CNC(=O)Nc2cccc(N3CCNC3=O)c2)cc1. The molecule has 0 aromatic heterocycles. The summed E-state index contributed by atoms with van der Waals surface area (Å²) in [7, 11) is 4.07. The fraction of sp³-hybridized carbons (Fsp3) is 0.300. The molecule has 1 saturated heterocycles. The predicted molar refractivity (Wildman–Crippen MR) is 107 cm³/mol. The van der Waals surface area contributed by atoms with Gasteiger partial charge in [-0.1, -0.05) is 30.3 Å². The molecule has 142 valence electrons. The van der Waals surface area contributed by atoms with Crippen LogP contribution in [0.15, 0.2) is 48.5 Å². The average molecular weight is 367 g/mol. The number of rotatable bonds is 6. The van der Waals surface area contributed by atoms with Gasteiger partial charge in [-0.3, -0.25) is 4.90 Å². The Hall–Kier alpha value is -3.06. The second kappa shape index (κ2) is 8.55. The van der Waals surface area contributed by atoms with Gasteiger partial charge in [0.05, 0.1) is 0 Å². The Bertz CT molecular complexity index is 804. The van der Waals surface area contributed by atoms with Crippen LogP contribution >= 0.6 is 0 Å². The fourth-order valence-corrected chi connectivity index (χ4v) is 2.95. The minimum atomic E-state index is -0.282. The first-order chi connectivity index (χ1) is 13.0. The Labute approximate surface area is 159 Å². The van der Waals surface area contributed by atoms with Gasteiger partial charge in [-0.2, -0.15) is 0 Å². The molecule has 0 bridgehead atoms. The second-order valence-electron chi connectivity index (χ2n) is 6.80. The number of urea groups is 2. The van der Waals surface area contributed by atoms with E-state index in [4.69, 9.17) is 0 Å². The van der Waals surface area contributed by atoms with Gasteiger partial charge in [-0.25, -0.2) is 9.59 Å². The van der Waals surface area contributed by atoms with Gasteiger partial charge in [-0.15, -0.1) is 0 Å². The lowest BCUT2D eigenvalue weighted by Gasteiger charge is -2.15. The topological polar surface area (TPSA) is 76.7 Å². The summed E-state index contributed by atoms with van der Waals surface area (Å²) in [4.78, 5) is 27.7. The first kappa shape index (κ1) is 18.7. The molecule has 1 heterocycles. The van der Waals surface area contributed by atoms with Crippen LogP contribution in [0.3, 0.4) is 0 Å². The number of carbonyl (C=O) groups is 2. The Balaban J connectivity index is 1.53. The van der Waals surface area contributed by atoms with E-state index in [2.05, 4.69) is 33.0 Å². The van der Waals surface area contributed by atoms with Gasteiger partial charge >= 0.3 is 12.1 Å². The first-order valence-corrected chi connectivity index (χ1v) is 8.94. The van der Waals surface area contributed by atoms with Gasteiger partial charge in [-0.05, 0) is 43.4 Å². The van der Waals surface area contributed by atoms with Crippen molar-refractivity contribution in [1.29, 1.82) is 0 Å². The van der Waals surface area contributed by atoms with Gasteiger partial charge in [0.2, 0.25) is 0 Å². The summed E-state index contributed by atoms with van der Waals surface area (Å²) < 4.78 is 0. The van der Waals surface area contributed by atoms with E-state index >= 15 is 0 Å². The van der Waals surface area contributed by atoms with Gasteiger partial charge in [0.1, 0.15) is 0 Å². The highest BCUT2D eigenvalue weighted by atomic mass is 16.2. The predicted octanol–water partition coefficient (Wildman–Crippen LogP) is 2.60. The highest BCUT2D eigenvalue weighted by Gasteiger charge is 2.21. The lowest BCUT2D eigenvalue weighted by atomic mass is 10.1. The number of nitrogens with zero attached hydrogens (tertiary/aromatic N) is 2. The highest BCUT2D eigenvalue weighted by molar-refractivity contribution is 5.95. The molecule has 0 saturated carbocycles. The van der Waals surface area contributed by atoms with E-state index < -0.39 is 0 Å². The van der Waals surface area contributed by atoms with Crippen molar-refractivity contribution in [2.45, 2.75) is 13.1 Å². The van der Waals surface area contributed by atoms with Crippen LogP contribution in [-0.4, -0.2) is 44.1 Å². The number of amides is 4. The molecule has 0 radical (unpaired) electrons. The summed E-state index contributed by atoms with van der Waals surface area (Å²) >= 11 is 0. The molecule has 0 aliphatic carbocycles. The summed E-state index contributed by atoms with van der Waals surface area (Å²) in [6, 6.07) is 15.0. The van der Waals surface area contributed by atoms with Crippen molar-refractivity contribution < 1.29 is 9.59 Å². The Kier molecular flexibility index (Phi) is 5.93. The van der Waals surface area contributed by atoms with E-state index in [-0.39, 0.29) is 12.1 Å². The van der Waals surface area contributed by atoms with Crippen LogP contribution in [0.1, 0.15) is 11.1 Å². The second-order valence-corrected chi connectivity index (χ2v) is 6.80. The normalized spacial score (nSPS) is 13.6. The molecule has 1 aliphatic heterocycles. The Morgan fingerprint density at radius 2 is 1.89 bits per heavy atom. The van der Waals surface area contributed by atoms with Crippen molar-refractivity contribution in [3.8, 4) is 0 Å². The monoisotopic (exact) mass is 367 g/mol. The van der Waals surface area contributed by atoms with Crippen molar-refractivity contribution in [2.24, 2.45) is 0 Å². The fourth-order valence-electron chi connectivity index (χ4n) is 2.95. The van der Waals surface area contributed by atoms with Gasteiger partial charge in [0, 0.05) is 37.6 Å². The molecule has 2 aromatic carbocycles. The molecular weight excluding hydrogens is 342 g/mol. The van der Waals surface area contributed by atoms with E-state index in [9.17, 15) is 9.59 Å². The lowest BCUT2D eigenvalue weighted by Crippen LogP contribution is -2.29. The van der Waals surface area contributed by atoms with Crippen LogP contribution in [0, 0.1) is 0 Å². The minimum absolute atomic E-state index is 0.116. The average Bonchev–Trinajstić information content (AvgIpc) is 3.07. The molecule has 1 aliphatic rings. The van der Waals surface area contributed by atoms with Crippen LogP contribution < -0.4 is 20.9 Å². The minimum Gasteiger partial charge on any atom is -0.336 e. The summed E-state index contributed by atoms with van der Waals surface area (Å²) in [5.41, 5.74) is 3.68. The van der Waals surface area contributed by atoms with Crippen molar-refractivity contribution >= 4 is 23.4 Å². The van der Waals surface area contributed by atoms with Gasteiger partial charge in [0.25, 0.3) is 0 Å². The van der Waals surface area contributed by atoms with E-state index in [0.717, 1.165) is 17.8 Å². The number of benzene rings is 2. The quantitative estimate of drug-likeness (QED) is 0.734. The van der Waals surface area contributed by atoms with Crippen LogP contribution in [-0.2, 0) is 13.1 Å². The summed E-state index contributed by atoms with van der Waals surface area (Å²) in [6.45, 7) is 2.59. The van der Waals surface area contributed by atoms with Gasteiger partial charge in [0.15, 0.2) is 0 Å². The zero-order valence-electron chi connectivity index (χ0n) is 15.7. The van der Waals surface area contributed by atoms with Crippen molar-refractivity contribution in [3.63, 3.8) is 0 Å². The first-order valence-electron chi connectivity index (χ1n) is 8.94. The number of carbonyl (C=O) groups excluding carboxylic acids is 2. The number of hydrogen-bond acceptors (Lipinski definition) is 3. The molecular formula is C20H25N5O2. The molecule has 1 fully saturated rings. The third-order valence-electron chi connectivity index (χ3n) is 4.25. The summed E-state index contributed by atoms with van der Waals surface area (Å²) in [6.07, 6.45) is 0. The van der Waals surface area contributed by atoms with Crippen molar-refractivity contribution in [2.75, 3.05) is 37.4 Å². The zero-order valence-corrected chi connectivity index (χ0v) is 15.7. The smallest absolute Gasteiger partial charge is 0.321 e. The van der Waals surface area contributed by atoms with E-state index in [1.54, 1.807) is 17.0 Å². The molecule has 0 spiro atoms. The van der Waals surface area contributed by atoms with Crippen molar-refractivity contribution in [3.05, 3.63) is 59.7 Å². The maximum absolute atomic E-state index is 12.2. The molecule has 4 amide bonds. The third kappa shape index (κ3) is 5.21. The Morgan fingerprint density at radius 1 is 1.15 bits per heavy atom. The lowest BCUT2D eigenvalue weighted by molar-refractivity contribution is 0.251. The highest BCUT2D eigenvalue weighted by Crippen LogP contribution is 2.20. The van der Waals surface area contributed by atoms with Crippen LogP contribution in [0.2, 0.25) is 0 Å². The largest absolute Gasteiger partial charge is 0.336 e. The number of hydrogen-bond donors (Lipinski definition) is 3. The molecule has 3 N–H and O–H groups in total. The molecule has 7 heteroatoms.